The van der Waals surface area contributed by atoms with Crippen LogP contribution in [0, 0.1) is 0 Å². The number of aromatic nitrogens is 4. The summed E-state index contributed by atoms with van der Waals surface area (Å²) in [4.78, 5) is 18.0. The van der Waals surface area contributed by atoms with Gasteiger partial charge in [-0.15, -0.1) is 10.2 Å². The third-order valence-corrected chi connectivity index (χ3v) is 3.65. The number of hydrogen-bond donors (Lipinski definition) is 0. The molecule has 0 spiro atoms. The molecule has 0 fully saturated rings. The Labute approximate surface area is 128 Å². The molecule has 3 rings (SSSR count). The fraction of sp³-hybridized carbons (Fsp3) is 0.467. The Morgan fingerprint density at radius 1 is 1.36 bits per heavy atom. The Morgan fingerprint density at radius 2 is 2.23 bits per heavy atom. The van der Waals surface area contributed by atoms with Gasteiger partial charge in [-0.25, -0.2) is 0 Å². The average Bonchev–Trinajstić information content (AvgIpc) is 2.97. The zero-order chi connectivity index (χ0) is 15.5. The van der Waals surface area contributed by atoms with Gasteiger partial charge in [0.15, 0.2) is 12.4 Å². The third-order valence-electron chi connectivity index (χ3n) is 3.65. The van der Waals surface area contributed by atoms with Gasteiger partial charge in [-0.05, 0) is 12.1 Å². The van der Waals surface area contributed by atoms with E-state index in [9.17, 15) is 4.79 Å². The number of carbonyl (C=O) groups excluding carboxylic acids is 1. The molecule has 0 saturated heterocycles. The summed E-state index contributed by atoms with van der Waals surface area (Å²) in [5.74, 6) is 2.69. The second kappa shape index (κ2) is 6.13. The van der Waals surface area contributed by atoms with Gasteiger partial charge >= 0.3 is 0 Å². The van der Waals surface area contributed by atoms with E-state index < -0.39 is 0 Å². The van der Waals surface area contributed by atoms with Gasteiger partial charge in [-0.1, -0.05) is 13.8 Å². The molecule has 0 unspecified atom stereocenters. The summed E-state index contributed by atoms with van der Waals surface area (Å²) >= 11 is 0. The summed E-state index contributed by atoms with van der Waals surface area (Å²) in [5, 5.41) is 8.42. The van der Waals surface area contributed by atoms with Gasteiger partial charge in [0.05, 0.1) is 12.7 Å². The van der Waals surface area contributed by atoms with Crippen LogP contribution in [0.4, 0.5) is 0 Å². The molecule has 1 aliphatic heterocycles. The van der Waals surface area contributed by atoms with Crippen molar-refractivity contribution in [3.05, 3.63) is 36.2 Å². The fourth-order valence-electron chi connectivity index (χ4n) is 2.49. The number of rotatable bonds is 4. The van der Waals surface area contributed by atoms with E-state index in [4.69, 9.17) is 4.74 Å². The van der Waals surface area contributed by atoms with Crippen LogP contribution in [0.25, 0.3) is 0 Å². The highest BCUT2D eigenvalue weighted by molar-refractivity contribution is 5.77. The van der Waals surface area contributed by atoms with Crippen LogP contribution in [0.3, 0.4) is 0 Å². The molecule has 0 N–H and O–H groups in total. The van der Waals surface area contributed by atoms with Crippen molar-refractivity contribution in [2.24, 2.45) is 0 Å². The molecule has 0 atom stereocenters. The van der Waals surface area contributed by atoms with Crippen LogP contribution in [0.2, 0.25) is 0 Å². The number of hydrogen-bond acceptors (Lipinski definition) is 5. The highest BCUT2D eigenvalue weighted by Gasteiger charge is 2.25. The van der Waals surface area contributed by atoms with Crippen molar-refractivity contribution < 1.29 is 9.53 Å². The average molecular weight is 301 g/mol. The van der Waals surface area contributed by atoms with Crippen LogP contribution in [0.5, 0.6) is 5.75 Å². The molecule has 3 heterocycles. The van der Waals surface area contributed by atoms with Crippen molar-refractivity contribution >= 4 is 5.91 Å². The van der Waals surface area contributed by atoms with Crippen LogP contribution in [-0.4, -0.2) is 43.7 Å². The molecule has 0 saturated carbocycles. The Morgan fingerprint density at radius 3 is 2.95 bits per heavy atom. The molecule has 2 aromatic rings. The number of ether oxygens (including phenoxy) is 1. The fourth-order valence-corrected chi connectivity index (χ4v) is 2.49. The number of pyridine rings is 1. The van der Waals surface area contributed by atoms with Gasteiger partial charge in [-0.3, -0.25) is 9.78 Å². The van der Waals surface area contributed by atoms with E-state index >= 15 is 0 Å². The molecule has 1 aliphatic rings. The van der Waals surface area contributed by atoms with Gasteiger partial charge in [0, 0.05) is 25.2 Å². The molecule has 1 amide bonds. The van der Waals surface area contributed by atoms with Gasteiger partial charge in [0.2, 0.25) is 0 Å². The van der Waals surface area contributed by atoms with Crippen molar-refractivity contribution in [2.45, 2.75) is 32.9 Å². The summed E-state index contributed by atoms with van der Waals surface area (Å²) in [6, 6.07) is 3.55. The van der Waals surface area contributed by atoms with E-state index in [1.807, 2.05) is 0 Å². The lowest BCUT2D eigenvalue weighted by molar-refractivity contribution is -0.134. The number of fused-ring (bicyclic) bond motifs is 1. The van der Waals surface area contributed by atoms with E-state index in [0.717, 1.165) is 18.2 Å². The first-order chi connectivity index (χ1) is 10.6. The minimum atomic E-state index is -0.0517. The van der Waals surface area contributed by atoms with Crippen LogP contribution in [0.1, 0.15) is 31.4 Å². The number of carbonyl (C=O) groups is 1. The predicted octanol–water partition coefficient (Wildman–Crippen LogP) is 1.22. The topological polar surface area (TPSA) is 73.1 Å². The standard InChI is InChI=1S/C15H19N5O2/c1-11(2)15-18-17-13-9-19(6-7-20(13)15)14(21)10-22-12-4-3-5-16-8-12/h3-5,8,11H,6-7,9-10H2,1-2H3. The van der Waals surface area contributed by atoms with Crippen LogP contribution in [0.15, 0.2) is 24.5 Å². The van der Waals surface area contributed by atoms with Crippen LogP contribution in [-0.2, 0) is 17.9 Å². The second-order valence-electron chi connectivity index (χ2n) is 5.57. The maximum Gasteiger partial charge on any atom is 0.260 e. The van der Waals surface area contributed by atoms with Crippen LogP contribution >= 0.6 is 0 Å². The van der Waals surface area contributed by atoms with E-state index in [0.29, 0.717) is 24.8 Å². The summed E-state index contributed by atoms with van der Waals surface area (Å²) < 4.78 is 7.56. The first kappa shape index (κ1) is 14.5. The smallest absolute Gasteiger partial charge is 0.260 e. The van der Waals surface area contributed by atoms with E-state index in [1.165, 1.54) is 0 Å². The SMILES string of the molecule is CC(C)c1nnc2n1CCN(C(=O)COc1cccnc1)C2. The zero-order valence-electron chi connectivity index (χ0n) is 12.8. The zero-order valence-corrected chi connectivity index (χ0v) is 12.8. The van der Waals surface area contributed by atoms with Crippen molar-refractivity contribution in [1.82, 2.24) is 24.6 Å². The Balaban J connectivity index is 1.61. The quantitative estimate of drug-likeness (QED) is 0.849. The van der Waals surface area contributed by atoms with Crippen LogP contribution < -0.4 is 4.74 Å². The minimum absolute atomic E-state index is 0.0108. The maximum absolute atomic E-state index is 12.2. The maximum atomic E-state index is 12.2. The predicted molar refractivity (Wildman–Crippen MR) is 79.3 cm³/mol. The molecular formula is C15H19N5O2. The Kier molecular flexibility index (Phi) is 4.04. The van der Waals surface area contributed by atoms with Gasteiger partial charge in [0.1, 0.15) is 11.6 Å². The summed E-state index contributed by atoms with van der Waals surface area (Å²) in [5.41, 5.74) is 0. The molecule has 0 bridgehead atoms. The molecule has 116 valence electrons. The van der Waals surface area contributed by atoms with E-state index in [2.05, 4.69) is 33.6 Å². The molecular weight excluding hydrogens is 282 g/mol. The molecule has 7 heteroatoms. The minimum Gasteiger partial charge on any atom is -0.482 e. The van der Waals surface area contributed by atoms with Gasteiger partial charge in [0.25, 0.3) is 5.91 Å². The van der Waals surface area contributed by atoms with Gasteiger partial charge in [-0.2, -0.15) is 0 Å². The highest BCUT2D eigenvalue weighted by atomic mass is 16.5. The molecule has 0 radical (unpaired) electrons. The first-order valence-electron chi connectivity index (χ1n) is 7.37. The molecule has 2 aromatic heterocycles. The first-order valence-corrected chi connectivity index (χ1v) is 7.37. The monoisotopic (exact) mass is 301 g/mol. The van der Waals surface area contributed by atoms with E-state index in [1.54, 1.807) is 29.4 Å². The highest BCUT2D eigenvalue weighted by Crippen LogP contribution is 2.18. The number of amides is 1. The molecule has 22 heavy (non-hydrogen) atoms. The molecule has 0 aliphatic carbocycles. The summed E-state index contributed by atoms with van der Waals surface area (Å²) in [6.07, 6.45) is 3.26. The van der Waals surface area contributed by atoms with Crippen molar-refractivity contribution in [3.63, 3.8) is 0 Å². The Bertz CT molecular complexity index is 653. The summed E-state index contributed by atoms with van der Waals surface area (Å²) in [7, 11) is 0. The molecule has 7 nitrogen and oxygen atoms in total. The largest absolute Gasteiger partial charge is 0.482 e. The Hall–Kier alpha value is -2.44. The number of nitrogens with zero attached hydrogens (tertiary/aromatic N) is 5. The van der Waals surface area contributed by atoms with Crippen molar-refractivity contribution in [3.8, 4) is 5.75 Å². The van der Waals surface area contributed by atoms with Crippen molar-refractivity contribution in [1.29, 1.82) is 0 Å². The van der Waals surface area contributed by atoms with Crippen molar-refractivity contribution in [2.75, 3.05) is 13.2 Å². The summed E-state index contributed by atoms with van der Waals surface area (Å²) in [6.45, 7) is 6.06. The lowest BCUT2D eigenvalue weighted by atomic mass is 10.2. The van der Waals surface area contributed by atoms with E-state index in [-0.39, 0.29) is 12.5 Å². The normalized spacial score (nSPS) is 14.0. The molecule has 0 aromatic carbocycles. The van der Waals surface area contributed by atoms with Gasteiger partial charge < -0.3 is 14.2 Å². The second-order valence-corrected chi connectivity index (χ2v) is 5.57. The third kappa shape index (κ3) is 2.93. The lowest BCUT2D eigenvalue weighted by Gasteiger charge is -2.28. The lowest BCUT2D eigenvalue weighted by Crippen LogP contribution is -2.41.